The van der Waals surface area contributed by atoms with Gasteiger partial charge in [0.1, 0.15) is 6.04 Å². The van der Waals surface area contributed by atoms with Gasteiger partial charge in [0.05, 0.1) is 13.0 Å². The van der Waals surface area contributed by atoms with Gasteiger partial charge in [0.25, 0.3) is 0 Å². The normalized spacial score (nSPS) is 13.2. The van der Waals surface area contributed by atoms with Crippen molar-refractivity contribution in [2.24, 2.45) is 11.7 Å². The van der Waals surface area contributed by atoms with E-state index in [0.717, 1.165) is 6.42 Å². The molecule has 0 fully saturated rings. The predicted molar refractivity (Wildman–Crippen MR) is 74.8 cm³/mol. The maximum absolute atomic E-state index is 12.3. The van der Waals surface area contributed by atoms with E-state index >= 15 is 0 Å². The molecule has 0 radical (unpaired) electrons. The fourth-order valence-electron chi connectivity index (χ4n) is 1.68. The smallest absolute Gasteiger partial charge is 0.312 e. The van der Waals surface area contributed by atoms with Crippen LogP contribution < -0.4 is 11.1 Å². The SMILES string of the molecule is CCOC(=O)CCN(C)C(=O)C(NC(N)=O)C(C)CC. The summed E-state index contributed by atoms with van der Waals surface area (Å²) >= 11 is 0. The molecular weight excluding hydrogens is 262 g/mol. The average molecular weight is 287 g/mol. The van der Waals surface area contributed by atoms with Crippen LogP contribution in [0, 0.1) is 5.92 Å². The number of nitrogens with zero attached hydrogens (tertiary/aromatic N) is 1. The molecule has 3 N–H and O–H groups in total. The summed E-state index contributed by atoms with van der Waals surface area (Å²) in [5.74, 6) is -0.655. The second kappa shape index (κ2) is 9.17. The fraction of sp³-hybridized carbons (Fsp3) is 0.769. The molecule has 0 spiro atoms. The van der Waals surface area contributed by atoms with E-state index < -0.39 is 12.1 Å². The molecule has 20 heavy (non-hydrogen) atoms. The standard InChI is InChI=1S/C13H25N3O4/c1-5-9(3)11(15-13(14)19)12(18)16(4)8-7-10(17)20-6-2/h9,11H,5-8H2,1-4H3,(H3,14,15,19). The van der Waals surface area contributed by atoms with Crippen LogP contribution in [0.4, 0.5) is 4.79 Å². The Morgan fingerprint density at radius 1 is 1.30 bits per heavy atom. The van der Waals surface area contributed by atoms with Crippen molar-refractivity contribution in [3.8, 4) is 0 Å². The maximum atomic E-state index is 12.3. The van der Waals surface area contributed by atoms with Gasteiger partial charge in [-0.1, -0.05) is 20.3 Å². The quantitative estimate of drug-likeness (QED) is 0.634. The highest BCUT2D eigenvalue weighted by atomic mass is 16.5. The van der Waals surface area contributed by atoms with Crippen molar-refractivity contribution in [3.63, 3.8) is 0 Å². The average Bonchev–Trinajstić information content (AvgIpc) is 2.40. The summed E-state index contributed by atoms with van der Waals surface area (Å²) in [6.45, 7) is 6.06. The summed E-state index contributed by atoms with van der Waals surface area (Å²) in [4.78, 5) is 35.9. The lowest BCUT2D eigenvalue weighted by Gasteiger charge is -2.27. The van der Waals surface area contributed by atoms with Crippen molar-refractivity contribution in [2.45, 2.75) is 39.7 Å². The van der Waals surface area contributed by atoms with Crippen molar-refractivity contribution in [2.75, 3.05) is 20.2 Å². The number of esters is 1. The Bertz CT molecular complexity index is 347. The Hall–Kier alpha value is -1.79. The van der Waals surface area contributed by atoms with E-state index in [1.54, 1.807) is 14.0 Å². The minimum absolute atomic E-state index is 0.0416. The largest absolute Gasteiger partial charge is 0.466 e. The minimum Gasteiger partial charge on any atom is -0.466 e. The van der Waals surface area contributed by atoms with Crippen molar-refractivity contribution in [1.82, 2.24) is 10.2 Å². The lowest BCUT2D eigenvalue weighted by molar-refractivity contribution is -0.144. The molecule has 2 unspecified atom stereocenters. The van der Waals surface area contributed by atoms with Crippen LogP contribution in [0.5, 0.6) is 0 Å². The summed E-state index contributed by atoms with van der Waals surface area (Å²) < 4.78 is 4.80. The first kappa shape index (κ1) is 18.2. The monoisotopic (exact) mass is 287 g/mol. The van der Waals surface area contributed by atoms with Crippen LogP contribution in [0.3, 0.4) is 0 Å². The summed E-state index contributed by atoms with van der Waals surface area (Å²) in [6.07, 6.45) is 0.849. The van der Waals surface area contributed by atoms with Crippen LogP contribution in [-0.4, -0.2) is 49.0 Å². The number of carbonyl (C=O) groups is 3. The van der Waals surface area contributed by atoms with Crippen LogP contribution in [0.25, 0.3) is 0 Å². The van der Waals surface area contributed by atoms with Gasteiger partial charge in [-0.25, -0.2) is 4.79 Å². The number of ether oxygens (including phenoxy) is 1. The first-order valence-corrected chi connectivity index (χ1v) is 6.79. The molecule has 0 rings (SSSR count). The molecule has 7 nitrogen and oxygen atoms in total. The first-order chi connectivity index (χ1) is 9.33. The number of hydrogen-bond acceptors (Lipinski definition) is 4. The highest BCUT2D eigenvalue weighted by molar-refractivity contribution is 5.87. The molecule has 0 saturated heterocycles. The summed E-state index contributed by atoms with van der Waals surface area (Å²) in [7, 11) is 1.58. The van der Waals surface area contributed by atoms with Crippen LogP contribution in [0.2, 0.25) is 0 Å². The molecule has 0 aliphatic carbocycles. The van der Waals surface area contributed by atoms with Crippen LogP contribution >= 0.6 is 0 Å². The van der Waals surface area contributed by atoms with Gasteiger partial charge in [0.2, 0.25) is 5.91 Å². The molecule has 3 amide bonds. The zero-order chi connectivity index (χ0) is 15.7. The number of amides is 3. The Labute approximate surface area is 119 Å². The fourth-order valence-corrected chi connectivity index (χ4v) is 1.68. The number of carbonyl (C=O) groups excluding carboxylic acids is 3. The van der Waals surface area contributed by atoms with Crippen molar-refractivity contribution in [1.29, 1.82) is 0 Å². The van der Waals surface area contributed by atoms with Crippen molar-refractivity contribution >= 4 is 17.9 Å². The van der Waals surface area contributed by atoms with Crippen LogP contribution in [0.15, 0.2) is 0 Å². The third-order valence-corrected chi connectivity index (χ3v) is 3.11. The molecule has 0 saturated carbocycles. The highest BCUT2D eigenvalue weighted by Gasteiger charge is 2.27. The Kier molecular flexibility index (Phi) is 8.35. The van der Waals surface area contributed by atoms with Gasteiger partial charge in [-0.15, -0.1) is 0 Å². The second-order valence-electron chi connectivity index (χ2n) is 4.69. The number of primary amides is 1. The predicted octanol–water partition coefficient (Wildman–Crippen LogP) is 0.481. The first-order valence-electron chi connectivity index (χ1n) is 6.79. The van der Waals surface area contributed by atoms with Crippen molar-refractivity contribution < 1.29 is 19.1 Å². The molecule has 0 aliphatic heterocycles. The summed E-state index contributed by atoms with van der Waals surface area (Å²) in [6, 6.07) is -1.41. The highest BCUT2D eigenvalue weighted by Crippen LogP contribution is 2.10. The third kappa shape index (κ3) is 6.40. The van der Waals surface area contributed by atoms with Gasteiger partial charge in [-0.3, -0.25) is 9.59 Å². The number of nitrogens with one attached hydrogen (secondary N) is 1. The van der Waals surface area contributed by atoms with Gasteiger partial charge in [-0.2, -0.15) is 0 Å². The van der Waals surface area contributed by atoms with E-state index in [1.165, 1.54) is 4.90 Å². The summed E-state index contributed by atoms with van der Waals surface area (Å²) in [5, 5.41) is 2.46. The molecule has 0 aliphatic rings. The zero-order valence-corrected chi connectivity index (χ0v) is 12.6. The van der Waals surface area contributed by atoms with Gasteiger partial charge < -0.3 is 20.7 Å². The van der Waals surface area contributed by atoms with E-state index in [0.29, 0.717) is 6.61 Å². The Morgan fingerprint density at radius 2 is 1.90 bits per heavy atom. The molecule has 2 atom stereocenters. The number of hydrogen-bond donors (Lipinski definition) is 2. The molecule has 0 heterocycles. The second-order valence-corrected chi connectivity index (χ2v) is 4.69. The minimum atomic E-state index is -0.734. The van der Waals surface area contributed by atoms with Gasteiger partial charge in [0.15, 0.2) is 0 Å². The van der Waals surface area contributed by atoms with Crippen LogP contribution in [0.1, 0.15) is 33.6 Å². The van der Waals surface area contributed by atoms with E-state index in [2.05, 4.69) is 5.32 Å². The number of rotatable bonds is 8. The van der Waals surface area contributed by atoms with Gasteiger partial charge >= 0.3 is 12.0 Å². The maximum Gasteiger partial charge on any atom is 0.312 e. The molecule has 7 heteroatoms. The molecular formula is C13H25N3O4. The lowest BCUT2D eigenvalue weighted by atomic mass is 9.98. The lowest BCUT2D eigenvalue weighted by Crippen LogP contribution is -2.52. The van der Waals surface area contributed by atoms with E-state index in [-0.39, 0.29) is 30.8 Å². The van der Waals surface area contributed by atoms with Crippen LogP contribution in [-0.2, 0) is 14.3 Å². The number of nitrogens with two attached hydrogens (primary N) is 1. The molecule has 116 valence electrons. The zero-order valence-electron chi connectivity index (χ0n) is 12.6. The van der Waals surface area contributed by atoms with E-state index in [1.807, 2.05) is 13.8 Å². The molecule has 0 aromatic rings. The van der Waals surface area contributed by atoms with Gasteiger partial charge in [-0.05, 0) is 12.8 Å². The van der Waals surface area contributed by atoms with E-state index in [4.69, 9.17) is 10.5 Å². The Morgan fingerprint density at radius 3 is 2.35 bits per heavy atom. The van der Waals surface area contributed by atoms with Crippen molar-refractivity contribution in [3.05, 3.63) is 0 Å². The van der Waals surface area contributed by atoms with E-state index in [9.17, 15) is 14.4 Å². The molecule has 0 bridgehead atoms. The topological polar surface area (TPSA) is 102 Å². The Balaban J connectivity index is 4.55. The third-order valence-electron chi connectivity index (χ3n) is 3.11. The number of urea groups is 1. The van der Waals surface area contributed by atoms with Gasteiger partial charge in [0, 0.05) is 13.6 Å². The summed E-state index contributed by atoms with van der Waals surface area (Å²) in [5.41, 5.74) is 5.09. The molecule has 0 aromatic heterocycles. The number of likely N-dealkylation sites (N-methyl/N-ethyl adjacent to an activating group) is 1. The molecule has 0 aromatic carbocycles.